The molecule has 1 N–H and O–H groups in total. The number of methoxy groups -OCH3 is 1. The average Bonchev–Trinajstić information content (AvgIpc) is 2.78. The third kappa shape index (κ3) is 5.64. The fourth-order valence-electron chi connectivity index (χ4n) is 3.17. The van der Waals surface area contributed by atoms with Crippen LogP contribution in [0.2, 0.25) is 0 Å². The molecule has 0 saturated carbocycles. The summed E-state index contributed by atoms with van der Waals surface area (Å²) < 4.78 is 19.7. The van der Waals surface area contributed by atoms with Crippen molar-refractivity contribution in [1.82, 2.24) is 14.9 Å². The molecule has 31 heavy (non-hydrogen) atoms. The van der Waals surface area contributed by atoms with E-state index in [9.17, 15) is 9.18 Å². The Kier molecular flexibility index (Phi) is 7.67. The zero-order chi connectivity index (χ0) is 22.2. The van der Waals surface area contributed by atoms with Gasteiger partial charge in [-0.15, -0.1) is 0 Å². The maximum atomic E-state index is 14.6. The molecule has 0 aliphatic heterocycles. The smallest absolute Gasteiger partial charge is 0.258 e. The summed E-state index contributed by atoms with van der Waals surface area (Å²) in [6.07, 6.45) is 1.46. The van der Waals surface area contributed by atoms with Crippen molar-refractivity contribution < 1.29 is 13.9 Å². The number of nitrogens with zero attached hydrogens (tertiary/aromatic N) is 3. The molecule has 0 unspecified atom stereocenters. The quantitative estimate of drug-likeness (QED) is 0.518. The fourth-order valence-corrected chi connectivity index (χ4v) is 3.17. The molecule has 0 fully saturated rings. The lowest BCUT2D eigenvalue weighted by atomic mass is 10.0. The molecule has 6 nitrogen and oxygen atoms in total. The van der Waals surface area contributed by atoms with Crippen molar-refractivity contribution in [3.63, 3.8) is 0 Å². The monoisotopic (exact) mass is 422 g/mol. The van der Waals surface area contributed by atoms with Crippen LogP contribution >= 0.6 is 0 Å². The molecule has 0 aliphatic rings. The second-order valence-electron chi connectivity index (χ2n) is 7.37. The van der Waals surface area contributed by atoms with E-state index >= 15 is 0 Å². The van der Waals surface area contributed by atoms with E-state index in [1.54, 1.807) is 30.2 Å². The highest BCUT2D eigenvalue weighted by Gasteiger charge is 2.25. The number of nitrogens with one attached hydrogen (secondary N) is 1. The summed E-state index contributed by atoms with van der Waals surface area (Å²) in [7, 11) is 1.60. The Morgan fingerprint density at radius 3 is 2.52 bits per heavy atom. The molecule has 1 heterocycles. The Balaban J connectivity index is 2.01. The molecular formula is C24H27FN4O2. The van der Waals surface area contributed by atoms with Crippen LogP contribution in [0.4, 0.5) is 10.3 Å². The lowest BCUT2D eigenvalue weighted by Crippen LogP contribution is -2.37. The number of carbonyl (C=O) groups is 1. The van der Waals surface area contributed by atoms with Crippen LogP contribution in [-0.4, -0.2) is 47.1 Å². The van der Waals surface area contributed by atoms with Crippen LogP contribution < -0.4 is 5.32 Å². The van der Waals surface area contributed by atoms with Crippen molar-refractivity contribution in [1.29, 1.82) is 0 Å². The van der Waals surface area contributed by atoms with Crippen LogP contribution in [0.15, 0.2) is 60.8 Å². The number of hydrogen-bond acceptors (Lipinski definition) is 5. The number of amides is 1. The van der Waals surface area contributed by atoms with E-state index in [1.165, 1.54) is 12.3 Å². The minimum atomic E-state index is -0.447. The van der Waals surface area contributed by atoms with Gasteiger partial charge in [-0.1, -0.05) is 42.5 Å². The first-order chi connectivity index (χ1) is 15.0. The molecule has 1 amide bonds. The predicted octanol–water partition coefficient (Wildman–Crippen LogP) is 4.39. The molecule has 3 rings (SSSR count). The standard InChI is InChI=1S/C24H27FN4O2/c1-17(2)29(16-18-9-5-4-6-10-18)23(30)20-15-27-24(26-13-14-31-3)28-22(20)19-11-7-8-12-21(19)25/h4-12,15,17H,13-14,16H2,1-3H3,(H,26,27,28). The number of halogens is 1. The summed E-state index contributed by atoms with van der Waals surface area (Å²) in [5, 5.41) is 3.04. The highest BCUT2D eigenvalue weighted by atomic mass is 19.1. The van der Waals surface area contributed by atoms with E-state index in [-0.39, 0.29) is 28.8 Å². The van der Waals surface area contributed by atoms with Gasteiger partial charge in [0.2, 0.25) is 5.95 Å². The van der Waals surface area contributed by atoms with Gasteiger partial charge in [-0.2, -0.15) is 0 Å². The van der Waals surface area contributed by atoms with E-state index in [0.29, 0.717) is 25.6 Å². The lowest BCUT2D eigenvalue weighted by Gasteiger charge is -2.27. The second-order valence-corrected chi connectivity index (χ2v) is 7.37. The Bertz CT molecular complexity index is 1010. The van der Waals surface area contributed by atoms with Gasteiger partial charge in [-0.25, -0.2) is 14.4 Å². The van der Waals surface area contributed by atoms with Gasteiger partial charge in [0, 0.05) is 38.0 Å². The van der Waals surface area contributed by atoms with Crippen LogP contribution in [-0.2, 0) is 11.3 Å². The third-order valence-electron chi connectivity index (χ3n) is 4.82. The minimum Gasteiger partial charge on any atom is -0.383 e. The molecular weight excluding hydrogens is 395 g/mol. The van der Waals surface area contributed by atoms with Crippen molar-refractivity contribution in [2.75, 3.05) is 25.6 Å². The number of benzene rings is 2. The average molecular weight is 423 g/mol. The van der Waals surface area contributed by atoms with E-state index in [2.05, 4.69) is 15.3 Å². The molecule has 3 aromatic rings. The number of ether oxygens (including phenoxy) is 1. The number of aromatic nitrogens is 2. The Hall–Kier alpha value is -3.32. The molecule has 0 radical (unpaired) electrons. The number of hydrogen-bond donors (Lipinski definition) is 1. The van der Waals surface area contributed by atoms with Gasteiger partial charge in [0.25, 0.3) is 5.91 Å². The van der Waals surface area contributed by atoms with Gasteiger partial charge in [0.05, 0.1) is 17.9 Å². The van der Waals surface area contributed by atoms with Crippen molar-refractivity contribution in [2.24, 2.45) is 0 Å². The SMILES string of the molecule is COCCNc1ncc(C(=O)N(Cc2ccccc2)C(C)C)c(-c2ccccc2F)n1. The molecule has 0 spiro atoms. The summed E-state index contributed by atoms with van der Waals surface area (Å²) in [5.74, 6) is -0.385. The number of anilines is 1. The Labute approximate surface area is 182 Å². The van der Waals surface area contributed by atoms with Crippen LogP contribution in [0.5, 0.6) is 0 Å². The summed E-state index contributed by atoms with van der Waals surface area (Å²) >= 11 is 0. The summed E-state index contributed by atoms with van der Waals surface area (Å²) in [6.45, 7) is 5.29. The Morgan fingerprint density at radius 2 is 1.84 bits per heavy atom. The highest BCUT2D eigenvalue weighted by Crippen LogP contribution is 2.27. The van der Waals surface area contributed by atoms with Crippen LogP contribution in [0.1, 0.15) is 29.8 Å². The van der Waals surface area contributed by atoms with Gasteiger partial charge < -0.3 is 15.0 Å². The van der Waals surface area contributed by atoms with Gasteiger partial charge in [0.1, 0.15) is 5.82 Å². The first-order valence-electron chi connectivity index (χ1n) is 10.2. The molecule has 162 valence electrons. The molecule has 7 heteroatoms. The maximum Gasteiger partial charge on any atom is 0.258 e. The van der Waals surface area contributed by atoms with Gasteiger partial charge >= 0.3 is 0 Å². The summed E-state index contributed by atoms with van der Waals surface area (Å²) in [6, 6.07) is 16.0. The van der Waals surface area contributed by atoms with Crippen molar-refractivity contribution in [3.05, 3.63) is 77.7 Å². The summed E-state index contributed by atoms with van der Waals surface area (Å²) in [4.78, 5) is 24.1. The van der Waals surface area contributed by atoms with E-state index in [0.717, 1.165) is 5.56 Å². The zero-order valence-corrected chi connectivity index (χ0v) is 18.0. The molecule has 0 atom stereocenters. The minimum absolute atomic E-state index is 0.0688. The largest absolute Gasteiger partial charge is 0.383 e. The van der Waals surface area contributed by atoms with Crippen molar-refractivity contribution >= 4 is 11.9 Å². The van der Waals surface area contributed by atoms with Crippen LogP contribution in [0.25, 0.3) is 11.3 Å². The van der Waals surface area contributed by atoms with E-state index in [1.807, 2.05) is 44.2 Å². The molecule has 1 aromatic heterocycles. The lowest BCUT2D eigenvalue weighted by molar-refractivity contribution is 0.0690. The first kappa shape index (κ1) is 22.4. The normalized spacial score (nSPS) is 10.9. The predicted molar refractivity (Wildman–Crippen MR) is 119 cm³/mol. The Morgan fingerprint density at radius 1 is 1.13 bits per heavy atom. The number of carbonyl (C=O) groups excluding carboxylic acids is 1. The third-order valence-corrected chi connectivity index (χ3v) is 4.82. The molecule has 2 aromatic carbocycles. The summed E-state index contributed by atoms with van der Waals surface area (Å²) in [5.41, 5.74) is 1.78. The topological polar surface area (TPSA) is 67.3 Å². The van der Waals surface area contributed by atoms with Crippen LogP contribution in [0.3, 0.4) is 0 Å². The van der Waals surface area contributed by atoms with Crippen LogP contribution in [0, 0.1) is 5.82 Å². The first-order valence-corrected chi connectivity index (χ1v) is 10.2. The highest BCUT2D eigenvalue weighted by molar-refractivity contribution is 6.00. The van der Waals surface area contributed by atoms with E-state index < -0.39 is 5.82 Å². The van der Waals surface area contributed by atoms with Gasteiger partial charge in [0.15, 0.2) is 0 Å². The second kappa shape index (κ2) is 10.6. The number of rotatable bonds is 9. The van der Waals surface area contributed by atoms with E-state index in [4.69, 9.17) is 4.74 Å². The fraction of sp³-hybridized carbons (Fsp3) is 0.292. The van der Waals surface area contributed by atoms with Gasteiger partial charge in [-0.3, -0.25) is 4.79 Å². The van der Waals surface area contributed by atoms with Crippen molar-refractivity contribution in [2.45, 2.75) is 26.4 Å². The van der Waals surface area contributed by atoms with Crippen molar-refractivity contribution in [3.8, 4) is 11.3 Å². The van der Waals surface area contributed by atoms with Gasteiger partial charge in [-0.05, 0) is 31.5 Å². The molecule has 0 saturated heterocycles. The molecule has 0 bridgehead atoms. The molecule has 0 aliphatic carbocycles. The maximum absolute atomic E-state index is 14.6. The zero-order valence-electron chi connectivity index (χ0n) is 18.0.